The van der Waals surface area contributed by atoms with Crippen molar-refractivity contribution in [2.75, 3.05) is 60.2 Å². The molecule has 0 saturated carbocycles. The van der Waals surface area contributed by atoms with Crippen molar-refractivity contribution >= 4 is 27.5 Å². The zero-order valence-electron chi connectivity index (χ0n) is 22.7. The van der Waals surface area contributed by atoms with Gasteiger partial charge < -0.3 is 20.0 Å². The summed E-state index contributed by atoms with van der Waals surface area (Å²) in [5.41, 5.74) is 2.39. The molecule has 0 aliphatic carbocycles. The van der Waals surface area contributed by atoms with Crippen molar-refractivity contribution in [3.8, 4) is 5.75 Å². The van der Waals surface area contributed by atoms with Gasteiger partial charge in [0.1, 0.15) is 29.5 Å². The Morgan fingerprint density at radius 3 is 2.55 bits per heavy atom. The number of allylic oxidation sites excluding steroid dienone is 1. The molecule has 13 heteroatoms. The van der Waals surface area contributed by atoms with Crippen molar-refractivity contribution in [1.29, 1.82) is 0 Å². The highest BCUT2D eigenvalue weighted by atomic mass is 32.2. The fourth-order valence-electron chi connectivity index (χ4n) is 4.78. The van der Waals surface area contributed by atoms with Crippen LogP contribution >= 0.6 is 0 Å². The standard InChI is InChI=1S/C25H37N6O6S/c1-6-8-21-24-22(31(5,33)28-21)16-26-25(27-24)20-15-19(9-10-23(20)36-7-2)38(34,35)29-11-13-30(4,14-12-29)17-37-18(3)32/h9-10,15H,6-8,11-14,16-17H2,1-5H3,(H,26,27)/q+1. The topological polar surface area (TPSA) is 133 Å². The third-order valence-corrected chi connectivity index (χ3v) is 8.90. The van der Waals surface area contributed by atoms with Gasteiger partial charge in [0, 0.05) is 6.92 Å². The molecule has 1 aromatic rings. The predicted molar refractivity (Wildman–Crippen MR) is 142 cm³/mol. The lowest BCUT2D eigenvalue weighted by Gasteiger charge is -2.40. The fraction of sp³-hybridized carbons (Fsp3) is 0.560. The molecule has 1 unspecified atom stereocenters. The predicted octanol–water partition coefficient (Wildman–Crippen LogP) is 1.73. The second-order valence-corrected chi connectivity index (χ2v) is 12.1. The lowest BCUT2D eigenvalue weighted by Crippen LogP contribution is -2.59. The Morgan fingerprint density at radius 2 is 1.92 bits per heavy atom. The molecule has 1 N–H and O–H groups in total. The minimum Gasteiger partial charge on any atom is -0.600 e. The number of hydroxylamine groups is 2. The summed E-state index contributed by atoms with van der Waals surface area (Å²) in [6.45, 7) is 7.64. The third-order valence-electron chi connectivity index (χ3n) is 7.01. The first kappa shape index (κ1) is 28.2. The van der Waals surface area contributed by atoms with E-state index in [1.165, 1.54) is 18.3 Å². The number of carbonyl (C=O) groups is 1. The maximum absolute atomic E-state index is 13.6. The van der Waals surface area contributed by atoms with Crippen LogP contribution in [0.3, 0.4) is 0 Å². The smallest absolute Gasteiger partial charge is 0.306 e. The van der Waals surface area contributed by atoms with E-state index in [-0.39, 0.29) is 24.1 Å². The lowest BCUT2D eigenvalue weighted by atomic mass is 10.1. The number of nitrogens with one attached hydrogen (secondary N) is 1. The highest BCUT2D eigenvalue weighted by molar-refractivity contribution is 7.89. The summed E-state index contributed by atoms with van der Waals surface area (Å²) in [7, 11) is -0.377. The molecule has 1 fully saturated rings. The van der Waals surface area contributed by atoms with Crippen LogP contribution in [-0.2, 0) is 19.6 Å². The van der Waals surface area contributed by atoms with E-state index >= 15 is 0 Å². The Hall–Kier alpha value is -2.84. The molecule has 3 heterocycles. The number of quaternary nitrogens is 2. The number of amidine groups is 1. The van der Waals surface area contributed by atoms with Gasteiger partial charge in [-0.2, -0.15) is 4.31 Å². The van der Waals surface area contributed by atoms with Crippen LogP contribution < -0.4 is 10.1 Å². The number of benzene rings is 1. The van der Waals surface area contributed by atoms with Crippen molar-refractivity contribution in [2.24, 2.45) is 10.1 Å². The molecule has 38 heavy (non-hydrogen) atoms. The Balaban J connectivity index is 1.59. The Labute approximate surface area is 224 Å². The van der Waals surface area contributed by atoms with E-state index in [1.807, 2.05) is 20.9 Å². The molecule has 4 rings (SSSR count). The number of hydrogen-bond donors (Lipinski definition) is 1. The third kappa shape index (κ3) is 5.61. The molecule has 1 saturated heterocycles. The minimum atomic E-state index is -3.80. The summed E-state index contributed by atoms with van der Waals surface area (Å²) in [6, 6.07) is 4.77. The van der Waals surface area contributed by atoms with Gasteiger partial charge in [0.15, 0.2) is 5.70 Å². The monoisotopic (exact) mass is 549 g/mol. The van der Waals surface area contributed by atoms with E-state index in [0.29, 0.717) is 77.9 Å². The van der Waals surface area contributed by atoms with Gasteiger partial charge in [-0.3, -0.25) is 14.3 Å². The summed E-state index contributed by atoms with van der Waals surface area (Å²) in [5.74, 6) is 0.588. The maximum atomic E-state index is 13.6. The van der Waals surface area contributed by atoms with Crippen LogP contribution in [0.25, 0.3) is 0 Å². The van der Waals surface area contributed by atoms with Gasteiger partial charge in [0.05, 0.1) is 57.3 Å². The molecular formula is C25H37N6O6S+. The molecule has 0 amide bonds. The molecule has 1 atom stereocenters. The van der Waals surface area contributed by atoms with E-state index in [0.717, 1.165) is 6.42 Å². The Bertz CT molecular complexity index is 1300. The van der Waals surface area contributed by atoms with Crippen LogP contribution in [0.5, 0.6) is 5.75 Å². The van der Waals surface area contributed by atoms with E-state index < -0.39 is 14.8 Å². The highest BCUT2D eigenvalue weighted by Crippen LogP contribution is 2.32. The van der Waals surface area contributed by atoms with Gasteiger partial charge in [-0.1, -0.05) is 18.4 Å². The number of hydrogen-bond acceptors (Lipinski definition) is 9. The first-order valence-electron chi connectivity index (χ1n) is 12.9. The number of ether oxygens (including phenoxy) is 2. The number of esters is 1. The number of rotatable bonds is 9. The number of nitrogens with zero attached hydrogens (tertiary/aromatic N) is 5. The molecule has 3 aliphatic heterocycles. The van der Waals surface area contributed by atoms with E-state index in [9.17, 15) is 18.4 Å². The number of sulfonamides is 1. The van der Waals surface area contributed by atoms with Gasteiger partial charge in [-0.05, 0) is 31.5 Å². The van der Waals surface area contributed by atoms with Crippen LogP contribution in [-0.4, -0.2) is 99.6 Å². The average molecular weight is 550 g/mol. The van der Waals surface area contributed by atoms with Crippen molar-refractivity contribution in [2.45, 2.75) is 38.5 Å². The summed E-state index contributed by atoms with van der Waals surface area (Å²) >= 11 is 0. The van der Waals surface area contributed by atoms with Gasteiger partial charge >= 0.3 is 5.97 Å². The first-order valence-corrected chi connectivity index (χ1v) is 14.3. The zero-order valence-corrected chi connectivity index (χ0v) is 23.5. The summed E-state index contributed by atoms with van der Waals surface area (Å²) in [6.07, 6.45) is 1.47. The van der Waals surface area contributed by atoms with Crippen molar-refractivity contribution in [1.82, 2.24) is 9.62 Å². The Kier molecular flexibility index (Phi) is 7.96. The van der Waals surface area contributed by atoms with Gasteiger partial charge in [-0.15, -0.1) is 0 Å². The molecule has 0 spiro atoms. The summed E-state index contributed by atoms with van der Waals surface area (Å²) < 4.78 is 39.3. The van der Waals surface area contributed by atoms with Gasteiger partial charge in [0.25, 0.3) is 0 Å². The quantitative estimate of drug-likeness (QED) is 0.282. The molecule has 0 radical (unpaired) electrons. The number of carbonyl (C=O) groups excluding carboxylic acids is 1. The average Bonchev–Trinajstić information content (AvgIpc) is 3.12. The second kappa shape index (κ2) is 10.7. The van der Waals surface area contributed by atoms with Crippen LogP contribution in [0.2, 0.25) is 0 Å². The van der Waals surface area contributed by atoms with Crippen molar-refractivity contribution < 1.29 is 31.9 Å². The molecule has 208 valence electrons. The van der Waals surface area contributed by atoms with Crippen LogP contribution in [0.1, 0.15) is 39.2 Å². The van der Waals surface area contributed by atoms with Gasteiger partial charge in [-0.25, -0.2) is 13.2 Å². The molecule has 1 aromatic carbocycles. The SMILES string of the molecule is CCCC1=N[N+](C)([O-])C2=C1NC(c1cc(S(=O)(=O)N3CC[N+](C)(COC(C)=O)CC3)ccc1OCC)=NC2. The molecular weight excluding hydrogens is 512 g/mol. The molecule has 0 bridgehead atoms. The van der Waals surface area contributed by atoms with Crippen molar-refractivity contribution in [3.05, 3.63) is 40.4 Å². The van der Waals surface area contributed by atoms with Gasteiger partial charge in [0.2, 0.25) is 16.8 Å². The number of likely N-dealkylation sites (N-methyl/N-ethyl adjacent to an activating group) is 2. The zero-order chi connectivity index (χ0) is 27.7. The summed E-state index contributed by atoms with van der Waals surface area (Å²) in [4.78, 5) is 16.0. The lowest BCUT2D eigenvalue weighted by molar-refractivity contribution is -0.928. The second-order valence-electron chi connectivity index (χ2n) is 10.1. The van der Waals surface area contributed by atoms with Crippen LogP contribution in [0.15, 0.2) is 44.6 Å². The summed E-state index contributed by atoms with van der Waals surface area (Å²) in [5, 5.41) is 20.5. The van der Waals surface area contributed by atoms with Crippen LogP contribution in [0, 0.1) is 5.21 Å². The first-order chi connectivity index (χ1) is 17.9. The largest absolute Gasteiger partial charge is 0.600 e. The van der Waals surface area contributed by atoms with E-state index in [2.05, 4.69) is 15.4 Å². The Morgan fingerprint density at radius 1 is 1.21 bits per heavy atom. The molecule has 12 nitrogen and oxygen atoms in total. The highest BCUT2D eigenvalue weighted by Gasteiger charge is 2.38. The number of aliphatic imine (C=N–C) groups is 1. The van der Waals surface area contributed by atoms with Crippen molar-refractivity contribution in [3.63, 3.8) is 0 Å². The number of piperazine rings is 1. The maximum Gasteiger partial charge on any atom is 0.306 e. The van der Waals surface area contributed by atoms with E-state index in [4.69, 9.17) is 9.47 Å². The minimum absolute atomic E-state index is 0.134. The normalized spacial score (nSPS) is 23.3. The van der Waals surface area contributed by atoms with Crippen LogP contribution in [0.4, 0.5) is 0 Å². The van der Waals surface area contributed by atoms with E-state index in [1.54, 1.807) is 18.2 Å². The molecule has 3 aliphatic rings. The molecule has 0 aromatic heterocycles. The fourth-order valence-corrected chi connectivity index (χ4v) is 6.23.